The lowest BCUT2D eigenvalue weighted by atomic mass is 9.62. The van der Waals surface area contributed by atoms with Crippen molar-refractivity contribution in [3.05, 3.63) is 71.8 Å². The molecule has 6 nitrogen and oxygen atoms in total. The highest BCUT2D eigenvalue weighted by Gasteiger charge is 2.48. The molecule has 1 aromatic carbocycles. The largest absolute Gasteiger partial charge is 0.507 e. The third-order valence-corrected chi connectivity index (χ3v) is 5.81. The van der Waals surface area contributed by atoms with Gasteiger partial charge < -0.3 is 10.4 Å². The van der Waals surface area contributed by atoms with Crippen LogP contribution in [0.5, 0.6) is 5.75 Å². The van der Waals surface area contributed by atoms with Crippen molar-refractivity contribution in [3.8, 4) is 16.9 Å². The van der Waals surface area contributed by atoms with Gasteiger partial charge in [-0.15, -0.1) is 0 Å². The summed E-state index contributed by atoms with van der Waals surface area (Å²) in [6.07, 6.45) is 5.09. The van der Waals surface area contributed by atoms with Gasteiger partial charge in [0, 0.05) is 54.2 Å². The van der Waals surface area contributed by atoms with Gasteiger partial charge in [0.2, 0.25) is 0 Å². The number of benzene rings is 1. The Kier molecular flexibility index (Phi) is 5.63. The lowest BCUT2D eigenvalue weighted by molar-refractivity contribution is 0.0792. The summed E-state index contributed by atoms with van der Waals surface area (Å²) in [7, 11) is 1.53. The molecule has 0 saturated heterocycles. The number of carbonyl (C=O) groups excluding carboxylic acids is 1. The molecule has 31 heavy (non-hydrogen) atoms. The maximum Gasteiger partial charge on any atom is 0.251 e. The smallest absolute Gasteiger partial charge is 0.251 e. The van der Waals surface area contributed by atoms with Gasteiger partial charge in [-0.25, -0.2) is 18.7 Å². The summed E-state index contributed by atoms with van der Waals surface area (Å²) in [4.78, 5) is 24.7. The van der Waals surface area contributed by atoms with Gasteiger partial charge >= 0.3 is 0 Å². The molecule has 0 atom stereocenters. The molecule has 2 N–H and O–H groups in total. The first-order valence-corrected chi connectivity index (χ1v) is 10.0. The first kappa shape index (κ1) is 20.8. The number of hydrogen-bond donors (Lipinski definition) is 2. The zero-order chi connectivity index (χ0) is 22.0. The molecule has 0 spiro atoms. The van der Waals surface area contributed by atoms with Crippen LogP contribution < -0.4 is 5.32 Å². The van der Waals surface area contributed by atoms with Crippen molar-refractivity contribution in [1.29, 1.82) is 0 Å². The molecule has 0 aliphatic heterocycles. The van der Waals surface area contributed by atoms with E-state index in [0.717, 1.165) is 0 Å². The fourth-order valence-electron chi connectivity index (χ4n) is 4.11. The Hall–Kier alpha value is -3.42. The van der Waals surface area contributed by atoms with Gasteiger partial charge in [-0.1, -0.05) is 0 Å². The third-order valence-electron chi connectivity index (χ3n) is 5.81. The Labute approximate surface area is 178 Å². The highest BCUT2D eigenvalue weighted by Crippen LogP contribution is 2.48. The highest BCUT2D eigenvalue weighted by atomic mass is 19.1. The fraction of sp³-hybridized carbons (Fsp3) is 0.304. The summed E-state index contributed by atoms with van der Waals surface area (Å²) in [6, 6.07) is 7.42. The molecule has 1 saturated carbocycles. The molecule has 3 aromatic rings. The number of phenolic OH excluding ortho intramolecular Hbond substituents is 1. The topological polar surface area (TPSA) is 88.0 Å². The summed E-state index contributed by atoms with van der Waals surface area (Å²) < 4.78 is 28.0. The van der Waals surface area contributed by atoms with E-state index in [1.54, 1.807) is 18.5 Å². The van der Waals surface area contributed by atoms with E-state index in [4.69, 9.17) is 0 Å². The van der Waals surface area contributed by atoms with Crippen molar-refractivity contribution in [2.24, 2.45) is 0 Å². The van der Waals surface area contributed by atoms with Crippen molar-refractivity contribution in [2.45, 2.75) is 37.3 Å². The highest BCUT2D eigenvalue weighted by molar-refractivity contribution is 5.95. The lowest BCUT2D eigenvalue weighted by Gasteiger charge is -2.44. The first-order valence-electron chi connectivity index (χ1n) is 10.0. The normalized spacial score (nSPS) is 20.2. The van der Waals surface area contributed by atoms with E-state index in [-0.39, 0.29) is 24.5 Å². The van der Waals surface area contributed by atoms with E-state index in [0.29, 0.717) is 41.1 Å². The number of aryl methyl sites for hydroxylation is 1. The van der Waals surface area contributed by atoms with Gasteiger partial charge in [-0.3, -0.25) is 9.78 Å². The molecule has 160 valence electrons. The number of nitrogens with zero attached hydrogens (tertiary/aromatic N) is 3. The van der Waals surface area contributed by atoms with Gasteiger partial charge in [0.1, 0.15) is 23.6 Å². The number of phenols is 1. The minimum Gasteiger partial charge on any atom is -0.507 e. The fourth-order valence-corrected chi connectivity index (χ4v) is 4.11. The molecule has 0 bridgehead atoms. The van der Waals surface area contributed by atoms with E-state index in [9.17, 15) is 18.7 Å². The second-order valence-electron chi connectivity index (χ2n) is 7.82. The molecule has 1 aliphatic carbocycles. The van der Waals surface area contributed by atoms with Crippen LogP contribution in [-0.4, -0.2) is 39.2 Å². The van der Waals surface area contributed by atoms with Gasteiger partial charge in [0.15, 0.2) is 0 Å². The van der Waals surface area contributed by atoms with Crippen LogP contribution in [0.1, 0.15) is 41.1 Å². The lowest BCUT2D eigenvalue weighted by Crippen LogP contribution is -2.44. The van der Waals surface area contributed by atoms with Crippen molar-refractivity contribution in [3.63, 3.8) is 0 Å². The van der Waals surface area contributed by atoms with Crippen LogP contribution in [0.4, 0.5) is 8.78 Å². The van der Waals surface area contributed by atoms with E-state index in [1.165, 1.54) is 37.5 Å². The van der Waals surface area contributed by atoms with Crippen LogP contribution in [0, 0.1) is 5.82 Å². The minimum atomic E-state index is -0.958. The number of alkyl halides is 1. The molecule has 4 rings (SSSR count). The molecule has 8 heteroatoms. The predicted molar refractivity (Wildman–Crippen MR) is 111 cm³/mol. The number of amides is 1. The van der Waals surface area contributed by atoms with Crippen molar-refractivity contribution in [2.75, 3.05) is 7.05 Å². The molecule has 1 amide bonds. The summed E-state index contributed by atoms with van der Waals surface area (Å²) >= 11 is 0. The molecule has 0 radical (unpaired) electrons. The minimum absolute atomic E-state index is 0.0111. The molecular formula is C23H22F2N4O2. The summed E-state index contributed by atoms with van der Waals surface area (Å²) in [6.45, 7) is 0. The van der Waals surface area contributed by atoms with Crippen LogP contribution in [0.2, 0.25) is 0 Å². The van der Waals surface area contributed by atoms with Crippen molar-refractivity contribution in [1.82, 2.24) is 20.3 Å². The molecule has 1 aliphatic rings. The average Bonchev–Trinajstić information content (AvgIpc) is 2.76. The van der Waals surface area contributed by atoms with Crippen LogP contribution in [0.25, 0.3) is 11.1 Å². The number of aromatic hydroxyl groups is 1. The van der Waals surface area contributed by atoms with Gasteiger partial charge in [-0.2, -0.15) is 0 Å². The number of pyridine rings is 1. The Bertz CT molecular complexity index is 1100. The summed E-state index contributed by atoms with van der Waals surface area (Å²) in [5, 5.41) is 12.7. The predicted octanol–water partition coefficient (Wildman–Crippen LogP) is 3.75. The van der Waals surface area contributed by atoms with E-state index in [2.05, 4.69) is 20.3 Å². The molecule has 0 unspecified atom stereocenters. The van der Waals surface area contributed by atoms with Gasteiger partial charge in [0.05, 0.1) is 5.69 Å². The number of carbonyl (C=O) groups is 1. The average molecular weight is 424 g/mol. The van der Waals surface area contributed by atoms with Crippen LogP contribution in [0.15, 0.2) is 48.9 Å². The van der Waals surface area contributed by atoms with Crippen LogP contribution in [-0.2, 0) is 11.8 Å². The monoisotopic (exact) mass is 424 g/mol. The Morgan fingerprint density at radius 1 is 1.23 bits per heavy atom. The summed E-state index contributed by atoms with van der Waals surface area (Å²) in [5.41, 5.74) is 1.07. The van der Waals surface area contributed by atoms with Gasteiger partial charge in [0.25, 0.3) is 5.91 Å². The molecule has 2 aromatic heterocycles. The van der Waals surface area contributed by atoms with Crippen molar-refractivity contribution < 1.29 is 18.7 Å². The third kappa shape index (κ3) is 4.10. The van der Waals surface area contributed by atoms with E-state index < -0.39 is 17.4 Å². The summed E-state index contributed by atoms with van der Waals surface area (Å²) in [5.74, 6) is -0.143. The van der Waals surface area contributed by atoms with Crippen molar-refractivity contribution >= 4 is 5.91 Å². The maximum absolute atomic E-state index is 14.3. The quantitative estimate of drug-likeness (QED) is 0.629. The first-order chi connectivity index (χ1) is 14.9. The number of nitrogens with one attached hydrogen (secondary N) is 1. The second kappa shape index (κ2) is 8.37. The van der Waals surface area contributed by atoms with Crippen LogP contribution in [0.3, 0.4) is 0 Å². The number of hydrogen-bond acceptors (Lipinski definition) is 5. The molecule has 1 fully saturated rings. The molecule has 2 heterocycles. The Balaban J connectivity index is 1.52. The Morgan fingerprint density at radius 3 is 2.61 bits per heavy atom. The number of halogens is 2. The second-order valence-corrected chi connectivity index (χ2v) is 7.82. The molecular weight excluding hydrogens is 402 g/mol. The van der Waals surface area contributed by atoms with Gasteiger partial charge in [-0.05, 0) is 49.6 Å². The zero-order valence-corrected chi connectivity index (χ0v) is 17.0. The van der Waals surface area contributed by atoms with E-state index in [1.807, 2.05) is 0 Å². The maximum atomic E-state index is 14.3. The zero-order valence-electron chi connectivity index (χ0n) is 17.0. The van der Waals surface area contributed by atoms with Crippen LogP contribution >= 0.6 is 0 Å². The number of aromatic nitrogens is 3. The van der Waals surface area contributed by atoms with E-state index >= 15 is 0 Å². The SMILES string of the molecule is CNC(=O)c1ccc(O)c(-c2cnc(CCC3(c4ncccc4F)CC(F)C3)nc2)c1. The number of rotatable bonds is 6. The standard InChI is InChI=1S/C23H22F2N4O2/c1-26-22(31)14-4-5-19(30)17(9-14)15-12-28-20(29-13-15)6-7-23(10-16(24)11-23)21-18(25)3-2-8-27-21/h2-5,8-9,12-13,16,30H,6-7,10-11H2,1H3,(H,26,31). The Morgan fingerprint density at radius 2 is 1.97 bits per heavy atom.